The average molecular weight is 324 g/mol. The van der Waals surface area contributed by atoms with Crippen molar-refractivity contribution in [3.05, 3.63) is 46.6 Å². The number of benzene rings is 2. The van der Waals surface area contributed by atoms with E-state index in [-0.39, 0.29) is 5.43 Å². The van der Waals surface area contributed by atoms with Crippen molar-refractivity contribution in [2.24, 2.45) is 0 Å². The van der Waals surface area contributed by atoms with E-state index in [1.165, 1.54) is 0 Å². The van der Waals surface area contributed by atoms with E-state index in [1.54, 1.807) is 30.0 Å². The van der Waals surface area contributed by atoms with E-state index in [4.69, 9.17) is 4.42 Å². The molecule has 114 valence electrons. The van der Waals surface area contributed by atoms with Gasteiger partial charge in [-0.05, 0) is 41.3 Å². The topological polar surface area (TPSA) is 84.7 Å². The van der Waals surface area contributed by atoms with Gasteiger partial charge in [-0.25, -0.2) is 0 Å². The first-order valence-electron chi connectivity index (χ1n) is 7.13. The zero-order valence-corrected chi connectivity index (χ0v) is 13.1. The summed E-state index contributed by atoms with van der Waals surface area (Å²) in [7, 11) is 0. The fourth-order valence-electron chi connectivity index (χ4n) is 2.51. The number of hydrogen-bond donors (Lipinski definition) is 1. The lowest BCUT2D eigenvalue weighted by atomic mass is 10.1. The highest BCUT2D eigenvalue weighted by molar-refractivity contribution is 7.99. The first kappa shape index (κ1) is 14.0. The monoisotopic (exact) mass is 324 g/mol. The lowest BCUT2D eigenvalue weighted by Crippen LogP contribution is -2.02. The third kappa shape index (κ3) is 2.39. The Morgan fingerprint density at radius 3 is 2.83 bits per heavy atom. The van der Waals surface area contributed by atoms with E-state index in [2.05, 4.69) is 27.5 Å². The molecule has 0 aliphatic heterocycles. The van der Waals surface area contributed by atoms with E-state index in [0.29, 0.717) is 27.8 Å². The fourth-order valence-corrected chi connectivity index (χ4v) is 3.21. The van der Waals surface area contributed by atoms with Crippen molar-refractivity contribution in [2.45, 2.75) is 11.8 Å². The minimum Gasteiger partial charge on any atom is -0.456 e. The number of nitrogens with zero attached hydrogens (tertiary/aromatic N) is 3. The fraction of sp³-hybridized carbons (Fsp3) is 0.125. The van der Waals surface area contributed by atoms with Crippen LogP contribution in [-0.4, -0.2) is 26.4 Å². The van der Waals surface area contributed by atoms with Crippen LogP contribution in [0.25, 0.3) is 33.3 Å². The van der Waals surface area contributed by atoms with E-state index >= 15 is 0 Å². The Hall–Kier alpha value is -2.67. The summed E-state index contributed by atoms with van der Waals surface area (Å²) in [6.45, 7) is 2.08. The van der Waals surface area contributed by atoms with Crippen LogP contribution >= 0.6 is 11.8 Å². The minimum absolute atomic E-state index is 0.0283. The summed E-state index contributed by atoms with van der Waals surface area (Å²) in [5, 5.41) is 15.0. The molecule has 23 heavy (non-hydrogen) atoms. The van der Waals surface area contributed by atoms with Gasteiger partial charge in [-0.1, -0.05) is 13.0 Å². The van der Waals surface area contributed by atoms with Gasteiger partial charge in [0.15, 0.2) is 0 Å². The van der Waals surface area contributed by atoms with Crippen LogP contribution in [0.15, 0.2) is 50.5 Å². The second-order valence-electron chi connectivity index (χ2n) is 4.97. The van der Waals surface area contributed by atoms with Crippen molar-refractivity contribution >= 4 is 33.7 Å². The largest absolute Gasteiger partial charge is 0.456 e. The molecule has 0 unspecified atom stereocenters. The number of fused-ring (bicyclic) bond motifs is 2. The number of tetrazole rings is 1. The summed E-state index contributed by atoms with van der Waals surface area (Å²) in [5.74, 6) is 1.42. The molecule has 1 N–H and O–H groups in total. The van der Waals surface area contributed by atoms with Crippen LogP contribution in [-0.2, 0) is 0 Å². The lowest BCUT2D eigenvalue weighted by molar-refractivity contribution is 0.659. The molecule has 0 atom stereocenters. The van der Waals surface area contributed by atoms with E-state index < -0.39 is 0 Å². The zero-order chi connectivity index (χ0) is 15.8. The minimum atomic E-state index is -0.0283. The van der Waals surface area contributed by atoms with E-state index in [9.17, 15) is 4.79 Å². The summed E-state index contributed by atoms with van der Waals surface area (Å²) in [6, 6.07) is 11.0. The SMILES string of the molecule is CCSc1ccc2oc3cc(-c4nn[nH]n4)ccc3c(=O)c2c1. The van der Waals surface area contributed by atoms with Crippen molar-refractivity contribution in [2.75, 3.05) is 5.75 Å². The molecule has 0 aliphatic rings. The number of H-pyrrole nitrogens is 1. The molecule has 0 aliphatic carbocycles. The number of hydrogen-bond acceptors (Lipinski definition) is 6. The Balaban J connectivity index is 1.96. The number of thioether (sulfide) groups is 1. The van der Waals surface area contributed by atoms with Gasteiger partial charge in [-0.15, -0.1) is 22.0 Å². The highest BCUT2D eigenvalue weighted by Crippen LogP contribution is 2.26. The van der Waals surface area contributed by atoms with Crippen LogP contribution in [0.3, 0.4) is 0 Å². The Kier molecular flexibility index (Phi) is 3.34. The normalized spacial score (nSPS) is 11.3. The molecular formula is C16H12N4O2S. The van der Waals surface area contributed by atoms with Gasteiger partial charge in [0.2, 0.25) is 11.3 Å². The van der Waals surface area contributed by atoms with Crippen molar-refractivity contribution < 1.29 is 4.42 Å². The standard InChI is InChI=1S/C16H12N4O2S/c1-2-23-10-4-6-13-12(8-10)15(21)11-5-3-9(7-14(11)22-13)16-17-19-20-18-16/h3-8H,2H2,1H3,(H,17,18,19,20). The first-order valence-corrected chi connectivity index (χ1v) is 8.12. The number of aromatic amines is 1. The van der Waals surface area contributed by atoms with Crippen LogP contribution < -0.4 is 5.43 Å². The molecule has 0 bridgehead atoms. The number of aromatic nitrogens is 4. The molecule has 0 saturated heterocycles. The number of nitrogens with one attached hydrogen (secondary N) is 1. The Morgan fingerprint density at radius 1 is 1.13 bits per heavy atom. The Morgan fingerprint density at radius 2 is 2.04 bits per heavy atom. The summed E-state index contributed by atoms with van der Waals surface area (Å²) < 4.78 is 5.90. The predicted octanol–water partition coefficient (Wildman–Crippen LogP) is 3.24. The highest BCUT2D eigenvalue weighted by atomic mass is 32.2. The first-order chi connectivity index (χ1) is 11.3. The summed E-state index contributed by atoms with van der Waals surface area (Å²) >= 11 is 1.70. The summed E-state index contributed by atoms with van der Waals surface area (Å²) in [4.78, 5) is 13.8. The molecule has 4 rings (SSSR count). The molecule has 0 saturated carbocycles. The third-order valence-electron chi connectivity index (χ3n) is 3.56. The van der Waals surface area contributed by atoms with Gasteiger partial charge < -0.3 is 4.42 Å². The Bertz CT molecular complexity index is 1060. The van der Waals surface area contributed by atoms with Crippen LogP contribution in [0.1, 0.15) is 6.92 Å². The quantitative estimate of drug-likeness (QED) is 0.460. The van der Waals surface area contributed by atoms with Gasteiger partial charge in [0.25, 0.3) is 0 Å². The van der Waals surface area contributed by atoms with Gasteiger partial charge in [0.05, 0.1) is 10.8 Å². The summed E-state index contributed by atoms with van der Waals surface area (Å²) in [5.41, 5.74) is 1.81. The van der Waals surface area contributed by atoms with Gasteiger partial charge in [-0.2, -0.15) is 5.21 Å². The average Bonchev–Trinajstić information content (AvgIpc) is 3.10. The highest BCUT2D eigenvalue weighted by Gasteiger charge is 2.11. The molecule has 7 heteroatoms. The molecule has 4 aromatic rings. The predicted molar refractivity (Wildman–Crippen MR) is 89.6 cm³/mol. The third-order valence-corrected chi connectivity index (χ3v) is 4.43. The zero-order valence-electron chi connectivity index (χ0n) is 12.2. The van der Waals surface area contributed by atoms with Gasteiger partial charge >= 0.3 is 0 Å². The molecule has 2 aromatic heterocycles. The van der Waals surface area contributed by atoms with Crippen molar-refractivity contribution in [3.8, 4) is 11.4 Å². The van der Waals surface area contributed by atoms with E-state index in [1.807, 2.05) is 18.2 Å². The smallest absolute Gasteiger partial charge is 0.204 e. The van der Waals surface area contributed by atoms with Crippen molar-refractivity contribution in [1.29, 1.82) is 0 Å². The maximum absolute atomic E-state index is 12.7. The van der Waals surface area contributed by atoms with Crippen LogP contribution in [0.5, 0.6) is 0 Å². The molecule has 6 nitrogen and oxygen atoms in total. The molecular weight excluding hydrogens is 312 g/mol. The van der Waals surface area contributed by atoms with Crippen LogP contribution in [0, 0.1) is 0 Å². The molecule has 2 heterocycles. The second-order valence-corrected chi connectivity index (χ2v) is 6.31. The Labute approximate surface area is 134 Å². The molecule has 0 amide bonds. The summed E-state index contributed by atoms with van der Waals surface area (Å²) in [6.07, 6.45) is 0. The van der Waals surface area contributed by atoms with Gasteiger partial charge in [-0.3, -0.25) is 4.79 Å². The second kappa shape index (κ2) is 5.51. The molecule has 0 fully saturated rings. The number of rotatable bonds is 3. The van der Waals surface area contributed by atoms with Crippen LogP contribution in [0.4, 0.5) is 0 Å². The maximum atomic E-state index is 12.7. The van der Waals surface area contributed by atoms with E-state index in [0.717, 1.165) is 16.2 Å². The molecule has 0 spiro atoms. The van der Waals surface area contributed by atoms with Gasteiger partial charge in [0.1, 0.15) is 11.2 Å². The molecule has 2 aromatic carbocycles. The lowest BCUT2D eigenvalue weighted by Gasteiger charge is -2.04. The molecule has 0 radical (unpaired) electrons. The maximum Gasteiger partial charge on any atom is 0.204 e. The van der Waals surface area contributed by atoms with Crippen molar-refractivity contribution in [1.82, 2.24) is 20.6 Å². The van der Waals surface area contributed by atoms with Crippen molar-refractivity contribution in [3.63, 3.8) is 0 Å². The van der Waals surface area contributed by atoms with Gasteiger partial charge in [0, 0.05) is 10.5 Å². The van der Waals surface area contributed by atoms with Crippen LogP contribution in [0.2, 0.25) is 0 Å².